The molecular weight excluding hydrogens is 385 g/mol. The van der Waals surface area contributed by atoms with E-state index in [0.29, 0.717) is 0 Å². The molecule has 0 spiro atoms. The summed E-state index contributed by atoms with van der Waals surface area (Å²) in [5, 5.41) is 7.38. The Morgan fingerprint density at radius 3 is 2.55 bits per heavy atom. The molecule has 0 saturated carbocycles. The summed E-state index contributed by atoms with van der Waals surface area (Å²) in [4.78, 5) is 4.21. The lowest BCUT2D eigenvalue weighted by molar-refractivity contribution is 0.686. The van der Waals surface area contributed by atoms with E-state index in [0.717, 1.165) is 23.9 Å². The molecule has 0 aliphatic carbocycles. The number of benzene rings is 1. The third-order valence-corrected chi connectivity index (χ3v) is 3.04. The van der Waals surface area contributed by atoms with Crippen LogP contribution in [0.25, 0.3) is 0 Å². The van der Waals surface area contributed by atoms with Crippen molar-refractivity contribution in [2.45, 2.75) is 26.3 Å². The summed E-state index contributed by atoms with van der Waals surface area (Å²) in [7, 11) is 1.78. The predicted molar refractivity (Wildman–Crippen MR) is 99.2 cm³/mol. The molecular formula is C15H23ClIN3. The molecule has 0 heterocycles. The van der Waals surface area contributed by atoms with E-state index in [2.05, 4.69) is 28.6 Å². The number of guanidine groups is 1. The van der Waals surface area contributed by atoms with E-state index in [4.69, 9.17) is 11.6 Å². The molecule has 1 unspecified atom stereocenters. The summed E-state index contributed by atoms with van der Waals surface area (Å²) in [6.07, 6.45) is 5.17. The maximum atomic E-state index is 5.88. The summed E-state index contributed by atoms with van der Waals surface area (Å²) in [5.41, 5.74) is 1.18. The predicted octanol–water partition coefficient (Wildman–Crippen LogP) is 4.15. The molecule has 1 aromatic rings. The topological polar surface area (TPSA) is 36.4 Å². The van der Waals surface area contributed by atoms with Gasteiger partial charge in [-0.3, -0.25) is 4.99 Å². The summed E-state index contributed by atoms with van der Waals surface area (Å²) in [5.74, 6) is 0.812. The molecule has 1 rings (SSSR count). The third-order valence-electron chi connectivity index (χ3n) is 2.79. The lowest BCUT2D eigenvalue weighted by atomic mass is 10.1. The fourth-order valence-corrected chi connectivity index (χ4v) is 1.80. The molecule has 0 aliphatic heterocycles. The normalized spacial score (nSPS) is 12.9. The van der Waals surface area contributed by atoms with Crippen LogP contribution in [0, 0.1) is 0 Å². The van der Waals surface area contributed by atoms with E-state index in [-0.39, 0.29) is 30.0 Å². The quantitative estimate of drug-likeness (QED) is 0.253. The molecule has 2 N–H and O–H groups in total. The molecule has 0 amide bonds. The lowest BCUT2D eigenvalue weighted by Crippen LogP contribution is -2.39. The second-order valence-corrected chi connectivity index (χ2v) is 4.71. The van der Waals surface area contributed by atoms with Crippen LogP contribution in [0.3, 0.4) is 0 Å². The smallest absolute Gasteiger partial charge is 0.191 e. The van der Waals surface area contributed by atoms with Gasteiger partial charge >= 0.3 is 0 Å². The van der Waals surface area contributed by atoms with Gasteiger partial charge in [0.2, 0.25) is 0 Å². The van der Waals surface area contributed by atoms with Gasteiger partial charge < -0.3 is 10.6 Å². The monoisotopic (exact) mass is 407 g/mol. The standard InChI is InChI=1S/C15H22ClN3.HI/c1-4-5-6-11-18-15(17-3)19-12(2)13-7-9-14(16)10-8-13;/h4-5,7-10,12H,6,11H2,1-3H3,(H2,17,18,19);1H/b5-4+;. The highest BCUT2D eigenvalue weighted by Gasteiger charge is 2.06. The van der Waals surface area contributed by atoms with Gasteiger partial charge in [0.25, 0.3) is 0 Å². The van der Waals surface area contributed by atoms with Crippen LogP contribution in [0.2, 0.25) is 5.02 Å². The first-order chi connectivity index (χ1) is 9.17. The number of hydrogen-bond acceptors (Lipinski definition) is 1. The minimum Gasteiger partial charge on any atom is -0.356 e. The molecule has 0 fully saturated rings. The molecule has 112 valence electrons. The summed E-state index contributed by atoms with van der Waals surface area (Å²) < 4.78 is 0. The van der Waals surface area contributed by atoms with Crippen LogP contribution >= 0.6 is 35.6 Å². The summed E-state index contributed by atoms with van der Waals surface area (Å²) in [6.45, 7) is 5.00. The molecule has 0 saturated heterocycles. The van der Waals surface area contributed by atoms with E-state index in [1.807, 2.05) is 37.3 Å². The molecule has 0 aromatic heterocycles. The largest absolute Gasteiger partial charge is 0.356 e. The third kappa shape index (κ3) is 7.14. The molecule has 1 aromatic carbocycles. The van der Waals surface area contributed by atoms with Gasteiger partial charge in [-0.2, -0.15) is 0 Å². The zero-order chi connectivity index (χ0) is 14.1. The Bertz CT molecular complexity index is 429. The SMILES string of the molecule is C/C=C/CCNC(=NC)NC(C)c1ccc(Cl)cc1.I. The van der Waals surface area contributed by atoms with Crippen molar-refractivity contribution in [3.05, 3.63) is 47.0 Å². The van der Waals surface area contributed by atoms with Crippen molar-refractivity contribution in [1.82, 2.24) is 10.6 Å². The Morgan fingerprint density at radius 1 is 1.35 bits per heavy atom. The maximum absolute atomic E-state index is 5.88. The van der Waals surface area contributed by atoms with Gasteiger partial charge in [-0.15, -0.1) is 24.0 Å². The van der Waals surface area contributed by atoms with Crippen molar-refractivity contribution < 1.29 is 0 Å². The maximum Gasteiger partial charge on any atom is 0.191 e. The molecule has 1 atom stereocenters. The number of aliphatic imine (C=N–C) groups is 1. The van der Waals surface area contributed by atoms with Crippen LogP contribution in [0.15, 0.2) is 41.4 Å². The van der Waals surface area contributed by atoms with Gasteiger partial charge in [0, 0.05) is 18.6 Å². The highest BCUT2D eigenvalue weighted by Crippen LogP contribution is 2.15. The van der Waals surface area contributed by atoms with Gasteiger partial charge in [0.1, 0.15) is 0 Å². The van der Waals surface area contributed by atoms with Gasteiger partial charge in [-0.05, 0) is 38.0 Å². The first-order valence-electron chi connectivity index (χ1n) is 6.51. The van der Waals surface area contributed by atoms with E-state index in [1.54, 1.807) is 7.05 Å². The molecule has 0 radical (unpaired) electrons. The highest BCUT2D eigenvalue weighted by molar-refractivity contribution is 14.0. The van der Waals surface area contributed by atoms with Gasteiger partial charge in [-0.1, -0.05) is 35.9 Å². The molecule has 20 heavy (non-hydrogen) atoms. The number of rotatable bonds is 5. The Morgan fingerprint density at radius 2 is 2.00 bits per heavy atom. The highest BCUT2D eigenvalue weighted by atomic mass is 127. The minimum absolute atomic E-state index is 0. The average Bonchev–Trinajstić information content (AvgIpc) is 2.42. The van der Waals surface area contributed by atoms with Crippen LogP contribution < -0.4 is 10.6 Å². The van der Waals surface area contributed by atoms with Crippen molar-refractivity contribution in [2.24, 2.45) is 4.99 Å². The summed E-state index contributed by atoms with van der Waals surface area (Å²) in [6, 6.07) is 8.03. The van der Waals surface area contributed by atoms with Crippen molar-refractivity contribution in [1.29, 1.82) is 0 Å². The van der Waals surface area contributed by atoms with Gasteiger partial charge in [0.15, 0.2) is 5.96 Å². The molecule has 0 aliphatic rings. The molecule has 3 nitrogen and oxygen atoms in total. The van der Waals surface area contributed by atoms with E-state index < -0.39 is 0 Å². The zero-order valence-corrected chi connectivity index (χ0v) is 15.3. The van der Waals surface area contributed by atoms with Crippen molar-refractivity contribution in [2.75, 3.05) is 13.6 Å². The van der Waals surface area contributed by atoms with Crippen LogP contribution in [0.1, 0.15) is 31.9 Å². The zero-order valence-electron chi connectivity index (χ0n) is 12.2. The van der Waals surface area contributed by atoms with Crippen LogP contribution in [-0.2, 0) is 0 Å². The van der Waals surface area contributed by atoms with Crippen LogP contribution in [0.5, 0.6) is 0 Å². The first kappa shape index (κ1) is 19.2. The van der Waals surface area contributed by atoms with Crippen LogP contribution in [0.4, 0.5) is 0 Å². The van der Waals surface area contributed by atoms with E-state index in [1.165, 1.54) is 5.56 Å². The summed E-state index contributed by atoms with van der Waals surface area (Å²) >= 11 is 5.88. The second-order valence-electron chi connectivity index (χ2n) is 4.27. The number of nitrogens with one attached hydrogen (secondary N) is 2. The first-order valence-corrected chi connectivity index (χ1v) is 6.89. The Labute approximate surface area is 143 Å². The van der Waals surface area contributed by atoms with E-state index >= 15 is 0 Å². The number of allylic oxidation sites excluding steroid dienone is 1. The van der Waals surface area contributed by atoms with Crippen LogP contribution in [-0.4, -0.2) is 19.6 Å². The number of nitrogens with zero attached hydrogens (tertiary/aromatic N) is 1. The number of hydrogen-bond donors (Lipinski definition) is 2. The van der Waals surface area contributed by atoms with Gasteiger partial charge in [-0.25, -0.2) is 0 Å². The average molecular weight is 408 g/mol. The fraction of sp³-hybridized carbons (Fsp3) is 0.400. The Balaban J connectivity index is 0.00000361. The lowest BCUT2D eigenvalue weighted by Gasteiger charge is -2.18. The molecule has 5 heteroatoms. The van der Waals surface area contributed by atoms with E-state index in [9.17, 15) is 0 Å². The Hall–Kier alpha value is -0.750. The minimum atomic E-state index is 0. The van der Waals surface area contributed by atoms with Crippen molar-refractivity contribution >= 4 is 41.5 Å². The molecule has 0 bridgehead atoms. The number of halogens is 2. The van der Waals surface area contributed by atoms with Gasteiger partial charge in [0.05, 0.1) is 6.04 Å². The second kappa shape index (κ2) is 11.0. The van der Waals surface area contributed by atoms with Crippen molar-refractivity contribution in [3.63, 3.8) is 0 Å². The Kier molecular flexibility index (Phi) is 10.6. The fourth-order valence-electron chi connectivity index (χ4n) is 1.68. The van der Waals surface area contributed by atoms with Crippen molar-refractivity contribution in [3.8, 4) is 0 Å².